The lowest BCUT2D eigenvalue weighted by molar-refractivity contribution is -0.135. The van der Waals surface area contributed by atoms with Gasteiger partial charge in [0.05, 0.1) is 13.0 Å². The lowest BCUT2D eigenvalue weighted by atomic mass is 10.1. The van der Waals surface area contributed by atoms with Gasteiger partial charge in [0.2, 0.25) is 11.8 Å². The van der Waals surface area contributed by atoms with Crippen molar-refractivity contribution < 1.29 is 14.3 Å². The number of carbonyl (C=O) groups is 2. The normalized spacial score (nSPS) is 22.1. The van der Waals surface area contributed by atoms with E-state index in [1.165, 1.54) is 12.8 Å². The summed E-state index contributed by atoms with van der Waals surface area (Å²) in [7, 11) is 1.61. The topological polar surface area (TPSA) is 49.9 Å². The molecular formula is C18H24N2O3. The third-order valence-corrected chi connectivity index (χ3v) is 4.76. The summed E-state index contributed by atoms with van der Waals surface area (Å²) in [6, 6.07) is 7.45. The molecule has 1 aromatic carbocycles. The van der Waals surface area contributed by atoms with Gasteiger partial charge in [-0.3, -0.25) is 9.59 Å². The molecule has 1 aromatic rings. The van der Waals surface area contributed by atoms with Crippen LogP contribution in [0.1, 0.15) is 32.1 Å². The van der Waals surface area contributed by atoms with Crippen molar-refractivity contribution >= 4 is 17.5 Å². The number of likely N-dealkylation sites (tertiary alicyclic amines) is 1. The molecule has 0 spiro atoms. The van der Waals surface area contributed by atoms with E-state index in [0.29, 0.717) is 13.0 Å². The molecule has 0 aromatic heterocycles. The molecule has 2 amide bonds. The minimum atomic E-state index is -0.216. The van der Waals surface area contributed by atoms with Gasteiger partial charge in [0.1, 0.15) is 5.75 Å². The Labute approximate surface area is 137 Å². The Kier molecular flexibility index (Phi) is 4.84. The number of rotatable bonds is 3. The molecule has 5 heteroatoms. The summed E-state index contributed by atoms with van der Waals surface area (Å²) in [4.78, 5) is 28.7. The van der Waals surface area contributed by atoms with Gasteiger partial charge in [0.25, 0.3) is 0 Å². The van der Waals surface area contributed by atoms with Crippen molar-refractivity contribution in [1.82, 2.24) is 4.90 Å². The van der Waals surface area contributed by atoms with Crippen molar-refractivity contribution in [3.63, 3.8) is 0 Å². The summed E-state index contributed by atoms with van der Waals surface area (Å²) in [5.41, 5.74) is 0.806. The summed E-state index contributed by atoms with van der Waals surface area (Å²) < 4.78 is 5.22. The maximum atomic E-state index is 12.7. The zero-order valence-corrected chi connectivity index (χ0v) is 13.7. The standard InChI is InChI=1S/C18H24N2O3/c1-23-16-8-6-7-15(12-16)20-13-14(11-17(20)21)18(22)19-9-4-2-3-5-10-19/h6-8,12,14H,2-5,9-11,13H2,1H3/t14-/m0/s1. The number of hydrogen-bond acceptors (Lipinski definition) is 3. The molecule has 0 unspecified atom stereocenters. The van der Waals surface area contributed by atoms with Gasteiger partial charge in [-0.2, -0.15) is 0 Å². The molecule has 2 aliphatic rings. The minimum Gasteiger partial charge on any atom is -0.497 e. The van der Waals surface area contributed by atoms with E-state index in [-0.39, 0.29) is 17.7 Å². The number of carbonyl (C=O) groups excluding carboxylic acids is 2. The van der Waals surface area contributed by atoms with Crippen LogP contribution < -0.4 is 9.64 Å². The van der Waals surface area contributed by atoms with Crippen molar-refractivity contribution in [1.29, 1.82) is 0 Å². The molecule has 0 radical (unpaired) electrons. The van der Waals surface area contributed by atoms with Gasteiger partial charge < -0.3 is 14.5 Å². The number of hydrogen-bond donors (Lipinski definition) is 0. The molecule has 2 heterocycles. The Balaban J connectivity index is 1.70. The van der Waals surface area contributed by atoms with Crippen LogP contribution in [0.2, 0.25) is 0 Å². The summed E-state index contributed by atoms with van der Waals surface area (Å²) in [6.45, 7) is 2.15. The molecule has 0 N–H and O–H groups in total. The first-order chi connectivity index (χ1) is 11.2. The molecule has 23 heavy (non-hydrogen) atoms. The number of methoxy groups -OCH3 is 1. The SMILES string of the molecule is COc1cccc(N2C[C@@H](C(=O)N3CCCCCC3)CC2=O)c1. The third kappa shape index (κ3) is 3.49. The predicted octanol–water partition coefficient (Wildman–Crippen LogP) is 2.45. The molecule has 0 aliphatic carbocycles. The highest BCUT2D eigenvalue weighted by Gasteiger charge is 2.37. The van der Waals surface area contributed by atoms with Gasteiger partial charge in [-0.1, -0.05) is 18.9 Å². The first kappa shape index (κ1) is 15.8. The number of nitrogens with zero attached hydrogens (tertiary/aromatic N) is 2. The Morgan fingerprint density at radius 2 is 1.91 bits per heavy atom. The molecule has 2 saturated heterocycles. The van der Waals surface area contributed by atoms with Crippen LogP contribution in [0.3, 0.4) is 0 Å². The van der Waals surface area contributed by atoms with Gasteiger partial charge in [-0.05, 0) is 25.0 Å². The van der Waals surface area contributed by atoms with Crippen LogP contribution in [0.25, 0.3) is 0 Å². The Hall–Kier alpha value is -2.04. The van der Waals surface area contributed by atoms with Gasteiger partial charge in [-0.25, -0.2) is 0 Å². The van der Waals surface area contributed by atoms with E-state index >= 15 is 0 Å². The summed E-state index contributed by atoms with van der Waals surface area (Å²) in [5.74, 6) is 0.668. The van der Waals surface area contributed by atoms with Crippen molar-refractivity contribution in [2.75, 3.05) is 31.6 Å². The van der Waals surface area contributed by atoms with Crippen molar-refractivity contribution in [3.05, 3.63) is 24.3 Å². The molecule has 5 nitrogen and oxygen atoms in total. The van der Waals surface area contributed by atoms with E-state index in [9.17, 15) is 9.59 Å². The molecule has 3 rings (SSSR count). The lowest BCUT2D eigenvalue weighted by Gasteiger charge is -2.24. The third-order valence-electron chi connectivity index (χ3n) is 4.76. The maximum Gasteiger partial charge on any atom is 0.228 e. The van der Waals surface area contributed by atoms with Crippen LogP contribution in [0.15, 0.2) is 24.3 Å². The van der Waals surface area contributed by atoms with Crippen molar-refractivity contribution in [2.45, 2.75) is 32.1 Å². The van der Waals surface area contributed by atoms with Crippen molar-refractivity contribution in [3.8, 4) is 5.75 Å². The van der Waals surface area contributed by atoms with Crippen LogP contribution in [-0.2, 0) is 9.59 Å². The molecule has 2 fully saturated rings. The fraction of sp³-hybridized carbons (Fsp3) is 0.556. The molecule has 1 atom stereocenters. The number of anilines is 1. The zero-order valence-electron chi connectivity index (χ0n) is 13.7. The highest BCUT2D eigenvalue weighted by Crippen LogP contribution is 2.29. The average molecular weight is 316 g/mol. The average Bonchev–Trinajstić information content (AvgIpc) is 2.79. The van der Waals surface area contributed by atoms with E-state index < -0.39 is 0 Å². The van der Waals surface area contributed by atoms with E-state index in [2.05, 4.69) is 0 Å². The molecule has 0 saturated carbocycles. The fourth-order valence-corrected chi connectivity index (χ4v) is 3.45. The van der Waals surface area contributed by atoms with Crippen LogP contribution in [0, 0.1) is 5.92 Å². The Bertz CT molecular complexity index is 579. The number of amides is 2. The summed E-state index contributed by atoms with van der Waals surface area (Å²) >= 11 is 0. The Morgan fingerprint density at radius 3 is 2.61 bits per heavy atom. The smallest absolute Gasteiger partial charge is 0.228 e. The Morgan fingerprint density at radius 1 is 1.17 bits per heavy atom. The van der Waals surface area contributed by atoms with Crippen LogP contribution in [-0.4, -0.2) is 43.5 Å². The highest BCUT2D eigenvalue weighted by atomic mass is 16.5. The quantitative estimate of drug-likeness (QED) is 0.860. The van der Waals surface area contributed by atoms with E-state index in [1.807, 2.05) is 29.2 Å². The van der Waals surface area contributed by atoms with Crippen LogP contribution in [0.4, 0.5) is 5.69 Å². The summed E-state index contributed by atoms with van der Waals surface area (Å²) in [6.07, 6.45) is 4.86. The fourth-order valence-electron chi connectivity index (χ4n) is 3.45. The monoisotopic (exact) mass is 316 g/mol. The largest absolute Gasteiger partial charge is 0.497 e. The van der Waals surface area contributed by atoms with E-state index in [4.69, 9.17) is 4.74 Å². The van der Waals surface area contributed by atoms with E-state index in [0.717, 1.165) is 37.4 Å². The number of ether oxygens (including phenoxy) is 1. The van der Waals surface area contributed by atoms with Crippen molar-refractivity contribution in [2.24, 2.45) is 5.92 Å². The van der Waals surface area contributed by atoms with Gasteiger partial charge in [0, 0.05) is 37.8 Å². The molecular weight excluding hydrogens is 292 g/mol. The highest BCUT2D eigenvalue weighted by molar-refractivity contribution is 6.00. The maximum absolute atomic E-state index is 12.7. The van der Waals surface area contributed by atoms with Crippen LogP contribution in [0.5, 0.6) is 5.75 Å². The molecule has 0 bridgehead atoms. The molecule has 124 valence electrons. The number of benzene rings is 1. The molecule has 2 aliphatic heterocycles. The predicted molar refractivity (Wildman–Crippen MR) is 88.5 cm³/mol. The first-order valence-corrected chi connectivity index (χ1v) is 8.42. The van der Waals surface area contributed by atoms with Gasteiger partial charge in [0.15, 0.2) is 0 Å². The van der Waals surface area contributed by atoms with Gasteiger partial charge in [-0.15, -0.1) is 0 Å². The second-order valence-electron chi connectivity index (χ2n) is 6.35. The van der Waals surface area contributed by atoms with Crippen LogP contribution >= 0.6 is 0 Å². The summed E-state index contributed by atoms with van der Waals surface area (Å²) in [5, 5.41) is 0. The second kappa shape index (κ2) is 7.02. The lowest BCUT2D eigenvalue weighted by Crippen LogP contribution is -2.38. The van der Waals surface area contributed by atoms with Gasteiger partial charge >= 0.3 is 0 Å². The second-order valence-corrected chi connectivity index (χ2v) is 6.35. The zero-order chi connectivity index (χ0) is 16.2. The first-order valence-electron chi connectivity index (χ1n) is 8.42. The minimum absolute atomic E-state index is 0.0198. The van der Waals surface area contributed by atoms with E-state index in [1.54, 1.807) is 12.0 Å².